The molecule has 0 radical (unpaired) electrons. The van der Waals surface area contributed by atoms with Crippen LogP contribution in [0.3, 0.4) is 0 Å². The lowest BCUT2D eigenvalue weighted by Gasteiger charge is -2.17. The van der Waals surface area contributed by atoms with E-state index in [1.807, 2.05) is 36.4 Å². The highest BCUT2D eigenvalue weighted by molar-refractivity contribution is 5.88. The SMILES string of the molecule is Cn1c(=O)oc2ccc(-c3ccc4cc(CC(C#N)NC(=O)[C@@H]5CNCCCO5)[nH]c4c3)cc21. The van der Waals surface area contributed by atoms with E-state index in [1.165, 1.54) is 4.57 Å². The minimum Gasteiger partial charge on any atom is -0.408 e. The number of nitrogens with one attached hydrogen (secondary N) is 3. The highest BCUT2D eigenvalue weighted by Gasteiger charge is 2.23. The van der Waals surface area contributed by atoms with E-state index in [-0.39, 0.29) is 5.91 Å². The molecule has 3 N–H and O–H groups in total. The smallest absolute Gasteiger partial charge is 0.408 e. The minimum absolute atomic E-state index is 0.275. The Hall–Kier alpha value is -3.87. The van der Waals surface area contributed by atoms with E-state index in [0.717, 1.165) is 46.2 Å². The van der Waals surface area contributed by atoms with Gasteiger partial charge in [-0.15, -0.1) is 0 Å². The van der Waals surface area contributed by atoms with Crippen molar-refractivity contribution in [1.82, 2.24) is 20.2 Å². The number of aromatic amines is 1. The summed E-state index contributed by atoms with van der Waals surface area (Å²) in [5.74, 6) is -0.666. The van der Waals surface area contributed by atoms with Crippen LogP contribution in [0.1, 0.15) is 12.1 Å². The third-order valence-electron chi connectivity index (χ3n) is 6.14. The van der Waals surface area contributed by atoms with Gasteiger partial charge in [0.2, 0.25) is 0 Å². The number of carbonyl (C=O) groups is 1. The van der Waals surface area contributed by atoms with E-state index in [2.05, 4.69) is 21.7 Å². The first-order valence-electron chi connectivity index (χ1n) is 11.3. The Bertz CT molecular complexity index is 1450. The van der Waals surface area contributed by atoms with Gasteiger partial charge in [0.1, 0.15) is 12.1 Å². The fraction of sp³-hybridized carbons (Fsp3) is 0.320. The molecule has 1 aliphatic rings. The van der Waals surface area contributed by atoms with Crippen LogP contribution in [-0.2, 0) is 23.0 Å². The van der Waals surface area contributed by atoms with Crippen molar-refractivity contribution in [2.24, 2.45) is 7.05 Å². The summed E-state index contributed by atoms with van der Waals surface area (Å²) in [5, 5.41) is 16.6. The molecule has 4 aromatic rings. The molecule has 0 saturated carbocycles. The molecule has 174 valence electrons. The number of rotatable bonds is 5. The van der Waals surface area contributed by atoms with Crippen molar-refractivity contribution in [3.05, 3.63) is 58.7 Å². The van der Waals surface area contributed by atoms with Crippen molar-refractivity contribution >= 4 is 27.9 Å². The molecule has 0 bridgehead atoms. The summed E-state index contributed by atoms with van der Waals surface area (Å²) in [6.45, 7) is 1.78. The minimum atomic E-state index is -0.670. The lowest BCUT2D eigenvalue weighted by molar-refractivity contribution is -0.132. The Balaban J connectivity index is 1.34. The normalized spacial score (nSPS) is 17.4. The molecule has 0 aliphatic carbocycles. The van der Waals surface area contributed by atoms with Crippen LogP contribution in [-0.4, -0.2) is 47.3 Å². The Morgan fingerprint density at radius 3 is 2.94 bits per heavy atom. The molecule has 3 heterocycles. The molecule has 9 nitrogen and oxygen atoms in total. The summed E-state index contributed by atoms with van der Waals surface area (Å²) in [7, 11) is 1.68. The number of fused-ring (bicyclic) bond motifs is 2. The van der Waals surface area contributed by atoms with Gasteiger partial charge in [-0.3, -0.25) is 9.36 Å². The van der Waals surface area contributed by atoms with E-state index in [1.54, 1.807) is 13.1 Å². The van der Waals surface area contributed by atoms with Gasteiger partial charge in [0.15, 0.2) is 5.58 Å². The van der Waals surface area contributed by atoms with E-state index < -0.39 is 17.9 Å². The van der Waals surface area contributed by atoms with Gasteiger partial charge in [-0.1, -0.05) is 18.2 Å². The zero-order valence-corrected chi connectivity index (χ0v) is 18.8. The Kier molecular flexibility index (Phi) is 5.92. The lowest BCUT2D eigenvalue weighted by atomic mass is 10.0. The fourth-order valence-corrected chi connectivity index (χ4v) is 4.28. The molecule has 0 spiro atoms. The topological polar surface area (TPSA) is 125 Å². The number of oxazole rings is 1. The molecule has 1 fully saturated rings. The first kappa shape index (κ1) is 21.9. The fourth-order valence-electron chi connectivity index (χ4n) is 4.28. The van der Waals surface area contributed by atoms with E-state index in [4.69, 9.17) is 9.15 Å². The first-order chi connectivity index (χ1) is 16.5. The third-order valence-corrected chi connectivity index (χ3v) is 6.14. The second-order valence-corrected chi connectivity index (χ2v) is 8.52. The summed E-state index contributed by atoms with van der Waals surface area (Å²) >= 11 is 0. The standard InChI is InChI=1S/C25H25N5O4/c1-30-21-11-16(5-6-22(21)34-25(30)32)15-3-4-17-9-18(28-20(17)10-15)12-19(13-26)29-24(31)23-14-27-7-2-8-33-23/h3-6,9-11,19,23,27-28H,2,7-8,12,14H2,1H3,(H,29,31)/t19?,23-/m0/s1. The number of hydrogen-bond donors (Lipinski definition) is 3. The van der Waals surface area contributed by atoms with Crippen LogP contribution in [0.4, 0.5) is 0 Å². The molecule has 2 aromatic carbocycles. The molecular formula is C25H25N5O4. The van der Waals surface area contributed by atoms with Crippen LogP contribution >= 0.6 is 0 Å². The molecule has 34 heavy (non-hydrogen) atoms. The highest BCUT2D eigenvalue weighted by Crippen LogP contribution is 2.27. The number of benzene rings is 2. The molecule has 2 aromatic heterocycles. The average molecular weight is 460 g/mol. The number of amides is 1. The molecule has 2 atom stereocenters. The van der Waals surface area contributed by atoms with E-state index in [9.17, 15) is 14.9 Å². The quantitative estimate of drug-likeness (QED) is 0.420. The predicted octanol–water partition coefficient (Wildman–Crippen LogP) is 2.21. The van der Waals surface area contributed by atoms with Crippen LogP contribution in [0.15, 0.2) is 51.7 Å². The molecular weight excluding hydrogens is 434 g/mol. The monoisotopic (exact) mass is 459 g/mol. The number of nitriles is 1. The van der Waals surface area contributed by atoms with Crippen molar-refractivity contribution in [2.75, 3.05) is 19.7 Å². The zero-order valence-electron chi connectivity index (χ0n) is 18.8. The molecule has 5 rings (SSSR count). The van der Waals surface area contributed by atoms with Crippen molar-refractivity contribution in [1.29, 1.82) is 5.26 Å². The third kappa shape index (κ3) is 4.33. The van der Waals surface area contributed by atoms with Crippen molar-refractivity contribution in [3.63, 3.8) is 0 Å². The summed E-state index contributed by atoms with van der Waals surface area (Å²) in [5.41, 5.74) is 5.00. The number of ether oxygens (including phenoxy) is 1. The second kappa shape index (κ2) is 9.17. The summed E-state index contributed by atoms with van der Waals surface area (Å²) in [4.78, 5) is 27.7. The van der Waals surface area contributed by atoms with E-state index in [0.29, 0.717) is 25.2 Å². The van der Waals surface area contributed by atoms with Gasteiger partial charge < -0.3 is 24.8 Å². The van der Waals surface area contributed by atoms with Crippen LogP contribution in [0.25, 0.3) is 33.1 Å². The van der Waals surface area contributed by atoms with Crippen molar-refractivity contribution < 1.29 is 13.9 Å². The van der Waals surface area contributed by atoms with Gasteiger partial charge in [0.05, 0.1) is 11.6 Å². The first-order valence-corrected chi connectivity index (χ1v) is 11.3. The van der Waals surface area contributed by atoms with Crippen LogP contribution in [0, 0.1) is 11.3 Å². The number of aryl methyl sites for hydroxylation is 1. The van der Waals surface area contributed by atoms with Gasteiger partial charge in [-0.25, -0.2) is 4.79 Å². The number of carbonyl (C=O) groups excluding carboxylic acids is 1. The maximum Gasteiger partial charge on any atom is 0.419 e. The van der Waals surface area contributed by atoms with Gasteiger partial charge in [0, 0.05) is 37.8 Å². The van der Waals surface area contributed by atoms with Gasteiger partial charge in [-0.05, 0) is 53.7 Å². The zero-order chi connectivity index (χ0) is 23.7. The number of nitrogens with zero attached hydrogens (tertiary/aromatic N) is 2. The average Bonchev–Trinajstić information content (AvgIpc) is 3.22. The van der Waals surface area contributed by atoms with Gasteiger partial charge in [0.25, 0.3) is 5.91 Å². The number of aromatic nitrogens is 2. The maximum absolute atomic E-state index is 12.5. The van der Waals surface area contributed by atoms with Crippen molar-refractivity contribution in [2.45, 2.75) is 25.0 Å². The summed E-state index contributed by atoms with van der Waals surface area (Å²) in [6.07, 6.45) is 0.627. The predicted molar refractivity (Wildman–Crippen MR) is 127 cm³/mol. The lowest BCUT2D eigenvalue weighted by Crippen LogP contribution is -2.46. The van der Waals surface area contributed by atoms with Crippen LogP contribution in [0.2, 0.25) is 0 Å². The van der Waals surface area contributed by atoms with Crippen molar-refractivity contribution in [3.8, 4) is 17.2 Å². The number of H-pyrrole nitrogens is 1. The highest BCUT2D eigenvalue weighted by atomic mass is 16.5. The molecule has 1 aliphatic heterocycles. The molecule has 9 heteroatoms. The summed E-state index contributed by atoms with van der Waals surface area (Å²) in [6, 6.07) is 15.2. The Morgan fingerprint density at radius 1 is 1.26 bits per heavy atom. The maximum atomic E-state index is 12.5. The second-order valence-electron chi connectivity index (χ2n) is 8.52. The molecule has 1 saturated heterocycles. The largest absolute Gasteiger partial charge is 0.419 e. The number of hydrogen-bond acceptors (Lipinski definition) is 6. The van der Waals surface area contributed by atoms with E-state index >= 15 is 0 Å². The Labute approximate surface area is 195 Å². The molecule has 1 unspecified atom stereocenters. The van der Waals surface area contributed by atoms with Crippen LogP contribution < -0.4 is 16.4 Å². The Morgan fingerprint density at radius 2 is 2.09 bits per heavy atom. The molecule has 1 amide bonds. The summed E-state index contributed by atoms with van der Waals surface area (Å²) < 4.78 is 12.3. The van der Waals surface area contributed by atoms with Gasteiger partial charge >= 0.3 is 5.76 Å². The van der Waals surface area contributed by atoms with Crippen LogP contribution in [0.5, 0.6) is 0 Å². The van der Waals surface area contributed by atoms with Gasteiger partial charge in [-0.2, -0.15) is 5.26 Å².